The highest BCUT2D eigenvalue weighted by atomic mass is 32.2. The number of fused-ring (bicyclic) bond motifs is 3. The number of hydrogen-bond acceptors (Lipinski definition) is 8. The first-order valence-electron chi connectivity index (χ1n) is 10.6. The molecule has 1 N–H and O–H groups in total. The van der Waals surface area contributed by atoms with Crippen LogP contribution in [0.2, 0.25) is 0 Å². The molecule has 0 atom stereocenters. The van der Waals surface area contributed by atoms with Crippen molar-refractivity contribution in [1.29, 1.82) is 0 Å². The molecule has 0 aliphatic carbocycles. The molecule has 2 aromatic rings. The van der Waals surface area contributed by atoms with Crippen molar-refractivity contribution in [1.82, 2.24) is 0 Å². The van der Waals surface area contributed by atoms with Gasteiger partial charge in [-0.15, -0.1) is 4.40 Å². The Morgan fingerprint density at radius 1 is 0.912 bits per heavy atom. The lowest BCUT2D eigenvalue weighted by Crippen LogP contribution is -2.35. The summed E-state index contributed by atoms with van der Waals surface area (Å²) in [6.07, 6.45) is 3.36. The van der Waals surface area contributed by atoms with E-state index >= 15 is 0 Å². The lowest BCUT2D eigenvalue weighted by atomic mass is 10.1. The summed E-state index contributed by atoms with van der Waals surface area (Å²) in [6, 6.07) is 8.40. The second kappa shape index (κ2) is 9.26. The highest BCUT2D eigenvalue weighted by Crippen LogP contribution is 2.35. The van der Waals surface area contributed by atoms with Gasteiger partial charge in [0.25, 0.3) is 15.9 Å². The molecular weight excluding hydrogens is 462 g/mol. The van der Waals surface area contributed by atoms with E-state index in [4.69, 9.17) is 9.47 Å². The van der Waals surface area contributed by atoms with E-state index in [1.165, 1.54) is 44.6 Å². The van der Waals surface area contributed by atoms with Crippen molar-refractivity contribution < 1.29 is 32.3 Å². The first-order chi connectivity index (χ1) is 16.2. The Bertz CT molecular complexity index is 1280. The quantitative estimate of drug-likeness (QED) is 0.654. The number of hydrogen-bond donors (Lipinski definition) is 1. The second-order valence-electron chi connectivity index (χ2n) is 7.86. The van der Waals surface area contributed by atoms with Crippen molar-refractivity contribution in [3.05, 3.63) is 53.1 Å². The minimum Gasteiger partial charge on any atom is -0.465 e. The molecule has 2 aromatic carbocycles. The zero-order chi connectivity index (χ0) is 24.5. The molecule has 0 unspecified atom stereocenters. The summed E-state index contributed by atoms with van der Waals surface area (Å²) < 4.78 is 39.0. The number of nitrogens with zero attached hydrogens (tertiary/aromatic N) is 2. The number of methoxy groups -OCH3 is 2. The first-order valence-corrected chi connectivity index (χ1v) is 12.1. The summed E-state index contributed by atoms with van der Waals surface area (Å²) in [5, 5.41) is 2.60. The minimum atomic E-state index is -3.96. The van der Waals surface area contributed by atoms with Gasteiger partial charge in [0.15, 0.2) is 0 Å². The normalized spacial score (nSPS) is 16.3. The summed E-state index contributed by atoms with van der Waals surface area (Å²) in [4.78, 5) is 38.8. The van der Waals surface area contributed by atoms with Crippen molar-refractivity contribution >= 4 is 45.1 Å². The predicted molar refractivity (Wildman–Crippen MR) is 124 cm³/mol. The van der Waals surface area contributed by atoms with Gasteiger partial charge in [0.1, 0.15) is 10.7 Å². The number of benzene rings is 2. The Hall–Kier alpha value is -3.73. The van der Waals surface area contributed by atoms with E-state index in [2.05, 4.69) is 9.71 Å². The van der Waals surface area contributed by atoms with Crippen LogP contribution in [0.5, 0.6) is 0 Å². The van der Waals surface area contributed by atoms with Gasteiger partial charge in [-0.2, -0.15) is 8.42 Å². The van der Waals surface area contributed by atoms with Crippen LogP contribution < -0.4 is 10.2 Å². The van der Waals surface area contributed by atoms with Gasteiger partial charge >= 0.3 is 11.9 Å². The number of esters is 2. The van der Waals surface area contributed by atoms with E-state index in [-0.39, 0.29) is 27.3 Å². The average molecular weight is 486 g/mol. The van der Waals surface area contributed by atoms with Crippen LogP contribution in [0.25, 0.3) is 0 Å². The molecule has 2 heterocycles. The van der Waals surface area contributed by atoms with E-state index < -0.39 is 27.9 Å². The molecule has 0 aromatic heterocycles. The lowest BCUT2D eigenvalue weighted by molar-refractivity contribution is 0.0598. The Morgan fingerprint density at radius 2 is 1.59 bits per heavy atom. The van der Waals surface area contributed by atoms with Crippen molar-refractivity contribution in [2.45, 2.75) is 30.6 Å². The maximum absolute atomic E-state index is 13.0. The fourth-order valence-corrected chi connectivity index (χ4v) is 5.28. The molecule has 1 amide bonds. The van der Waals surface area contributed by atoms with Crippen molar-refractivity contribution in [3.8, 4) is 0 Å². The predicted octanol–water partition coefficient (Wildman–Crippen LogP) is 2.99. The maximum atomic E-state index is 13.0. The Kier molecular flexibility index (Phi) is 6.38. The zero-order valence-electron chi connectivity index (χ0n) is 18.7. The summed E-state index contributed by atoms with van der Waals surface area (Å²) in [6.45, 7) is 0.656. The van der Waals surface area contributed by atoms with Gasteiger partial charge in [-0.3, -0.25) is 4.79 Å². The number of carbonyl (C=O) groups is 3. The number of amidine groups is 1. The monoisotopic (exact) mass is 485 g/mol. The zero-order valence-corrected chi connectivity index (χ0v) is 19.5. The molecule has 34 heavy (non-hydrogen) atoms. The van der Waals surface area contributed by atoms with E-state index in [1.54, 1.807) is 6.07 Å². The standard InChI is InChI=1S/C23H23N3O7S/c1-32-22(28)15-10-16(23(29)33-2)12-17(11-15)24-21(27)14-7-8-18-19(13-14)34(30,31)25-20-6-4-3-5-9-26(18)20/h7-8,10-13H,3-6,9H2,1-2H3,(H,24,27). The summed E-state index contributed by atoms with van der Waals surface area (Å²) in [5.74, 6) is -1.50. The summed E-state index contributed by atoms with van der Waals surface area (Å²) in [5.41, 5.74) is 0.804. The summed E-state index contributed by atoms with van der Waals surface area (Å²) >= 11 is 0. The first kappa shape index (κ1) is 23.4. The number of nitrogens with one attached hydrogen (secondary N) is 1. The maximum Gasteiger partial charge on any atom is 0.337 e. The number of ether oxygens (including phenoxy) is 2. The molecule has 1 fully saturated rings. The third-order valence-electron chi connectivity index (χ3n) is 5.64. The largest absolute Gasteiger partial charge is 0.465 e. The van der Waals surface area contributed by atoms with Crippen molar-refractivity contribution in [2.75, 3.05) is 31.0 Å². The SMILES string of the molecule is COC(=O)c1cc(NC(=O)c2ccc3c(c2)S(=O)(=O)N=C2CCCCCN23)cc(C(=O)OC)c1. The molecule has 2 aliphatic rings. The fourth-order valence-electron chi connectivity index (χ4n) is 4.00. The molecule has 0 radical (unpaired) electrons. The van der Waals surface area contributed by atoms with Gasteiger partial charge in [-0.25, -0.2) is 9.59 Å². The van der Waals surface area contributed by atoms with Crippen LogP contribution in [0.15, 0.2) is 45.7 Å². The van der Waals surface area contributed by atoms with Gasteiger partial charge in [-0.05, 0) is 49.2 Å². The highest BCUT2D eigenvalue weighted by molar-refractivity contribution is 7.90. The van der Waals surface area contributed by atoms with E-state index in [1.807, 2.05) is 4.90 Å². The van der Waals surface area contributed by atoms with Crippen molar-refractivity contribution in [2.24, 2.45) is 4.40 Å². The smallest absolute Gasteiger partial charge is 0.337 e. The molecule has 0 spiro atoms. The fraction of sp³-hybridized carbons (Fsp3) is 0.304. The van der Waals surface area contributed by atoms with E-state index in [9.17, 15) is 22.8 Å². The third-order valence-corrected chi connectivity index (χ3v) is 6.98. The van der Waals surface area contributed by atoms with Crippen LogP contribution in [-0.4, -0.2) is 52.9 Å². The lowest BCUT2D eigenvalue weighted by Gasteiger charge is -2.29. The Morgan fingerprint density at radius 3 is 2.24 bits per heavy atom. The van der Waals surface area contributed by atoms with Gasteiger partial charge in [0.05, 0.1) is 31.0 Å². The van der Waals surface area contributed by atoms with Gasteiger partial charge in [0, 0.05) is 24.2 Å². The summed E-state index contributed by atoms with van der Waals surface area (Å²) in [7, 11) is -1.57. The highest BCUT2D eigenvalue weighted by Gasteiger charge is 2.32. The average Bonchev–Trinajstić information content (AvgIpc) is 3.07. The van der Waals surface area contributed by atoms with E-state index in [0.717, 1.165) is 19.3 Å². The molecule has 1 saturated heterocycles. The number of rotatable bonds is 4. The molecular formula is C23H23N3O7S. The minimum absolute atomic E-state index is 0.0376. The van der Waals surface area contributed by atoms with Gasteiger partial charge in [0.2, 0.25) is 0 Å². The Labute approximate surface area is 196 Å². The van der Waals surface area contributed by atoms with Crippen LogP contribution in [0.3, 0.4) is 0 Å². The van der Waals surface area contributed by atoms with Crippen LogP contribution in [0.4, 0.5) is 11.4 Å². The topological polar surface area (TPSA) is 131 Å². The number of anilines is 2. The molecule has 10 nitrogen and oxygen atoms in total. The second-order valence-corrected chi connectivity index (χ2v) is 9.44. The van der Waals surface area contributed by atoms with Crippen LogP contribution in [-0.2, 0) is 19.5 Å². The molecule has 178 valence electrons. The van der Waals surface area contributed by atoms with Gasteiger partial charge < -0.3 is 19.7 Å². The van der Waals surface area contributed by atoms with Crippen molar-refractivity contribution in [3.63, 3.8) is 0 Å². The van der Waals surface area contributed by atoms with Crippen LogP contribution in [0.1, 0.15) is 56.8 Å². The Balaban J connectivity index is 1.67. The molecule has 11 heteroatoms. The third kappa shape index (κ3) is 4.51. The molecule has 4 rings (SSSR count). The molecule has 2 aliphatic heterocycles. The number of sulfonamides is 1. The molecule has 0 saturated carbocycles. The van der Waals surface area contributed by atoms with Crippen LogP contribution >= 0.6 is 0 Å². The van der Waals surface area contributed by atoms with E-state index in [0.29, 0.717) is 24.5 Å². The molecule has 0 bridgehead atoms. The number of carbonyl (C=O) groups excluding carboxylic acids is 3. The van der Waals surface area contributed by atoms with Crippen LogP contribution in [0, 0.1) is 0 Å². The number of amides is 1. The van der Waals surface area contributed by atoms with Gasteiger partial charge in [-0.1, -0.05) is 6.42 Å².